The summed E-state index contributed by atoms with van der Waals surface area (Å²) in [4.78, 5) is 28.4. The van der Waals surface area contributed by atoms with Gasteiger partial charge in [0.25, 0.3) is 0 Å². The highest BCUT2D eigenvalue weighted by atomic mass is 32.2. The van der Waals surface area contributed by atoms with Gasteiger partial charge in [-0.15, -0.1) is 11.8 Å². The summed E-state index contributed by atoms with van der Waals surface area (Å²) < 4.78 is 5.80. The third kappa shape index (κ3) is 5.12. The van der Waals surface area contributed by atoms with Crippen LogP contribution in [0.2, 0.25) is 0 Å². The van der Waals surface area contributed by atoms with E-state index in [-0.39, 0.29) is 36.7 Å². The fourth-order valence-corrected chi connectivity index (χ4v) is 5.97. The maximum atomic E-state index is 12.9. The first kappa shape index (κ1) is 24.0. The summed E-state index contributed by atoms with van der Waals surface area (Å²) >= 11 is 1.69. The molecule has 0 saturated carbocycles. The molecule has 1 unspecified atom stereocenters. The topological polar surface area (TPSA) is 103 Å². The molecule has 0 aliphatic carbocycles. The summed E-state index contributed by atoms with van der Waals surface area (Å²) in [6.07, 6.45) is 4.13. The predicted molar refractivity (Wildman–Crippen MR) is 135 cm³/mol. The van der Waals surface area contributed by atoms with Crippen LogP contribution in [-0.2, 0) is 16.1 Å². The molecule has 2 saturated heterocycles. The summed E-state index contributed by atoms with van der Waals surface area (Å²) in [5, 5.41) is 19.0. The lowest BCUT2D eigenvalue weighted by Crippen LogP contribution is -2.46. The number of nitrogens with zero attached hydrogens (tertiary/aromatic N) is 1. The van der Waals surface area contributed by atoms with Crippen LogP contribution in [-0.4, -0.2) is 60.0 Å². The van der Waals surface area contributed by atoms with E-state index in [0.29, 0.717) is 19.7 Å². The van der Waals surface area contributed by atoms with Gasteiger partial charge in [0.05, 0.1) is 37.4 Å². The van der Waals surface area contributed by atoms with E-state index in [1.165, 1.54) is 10.5 Å². The molecule has 3 aliphatic rings. The summed E-state index contributed by atoms with van der Waals surface area (Å²) in [7, 11) is 0. The standard InChI is InChI=1S/C26H32N4O4S/c1-35-24-7-3-2-5-17(24)21-6-4-10-30(21)25(32)14-28-26(33)27-13-16-8-9-19-18(11-16)23-12-20(29-19)22(31)15-34-23/h2-3,5,7-9,11,20-23,29,31H,4,6,10,12-15H2,1H3,(H2,27,28,33)/t20-,21+,22+,23?/m0/s1. The zero-order valence-corrected chi connectivity index (χ0v) is 20.6. The van der Waals surface area contributed by atoms with Crippen LogP contribution in [0, 0.1) is 0 Å². The Hall–Kier alpha value is -2.75. The molecule has 8 nitrogen and oxygen atoms in total. The van der Waals surface area contributed by atoms with E-state index in [1.807, 2.05) is 41.5 Å². The number of aliphatic hydroxyl groups is 1. The van der Waals surface area contributed by atoms with Crippen molar-refractivity contribution in [3.8, 4) is 0 Å². The largest absolute Gasteiger partial charge is 0.389 e. The van der Waals surface area contributed by atoms with E-state index in [9.17, 15) is 14.7 Å². The zero-order chi connectivity index (χ0) is 24.4. The highest BCUT2D eigenvalue weighted by Gasteiger charge is 2.36. The van der Waals surface area contributed by atoms with Gasteiger partial charge < -0.3 is 30.7 Å². The van der Waals surface area contributed by atoms with Gasteiger partial charge in [-0.3, -0.25) is 4.79 Å². The molecule has 9 heteroatoms. The van der Waals surface area contributed by atoms with Gasteiger partial charge in [0.15, 0.2) is 0 Å². The average Bonchev–Trinajstić information content (AvgIpc) is 3.38. The van der Waals surface area contributed by atoms with Gasteiger partial charge in [-0.2, -0.15) is 0 Å². The third-order valence-corrected chi connectivity index (χ3v) is 7.94. The second-order valence-corrected chi connectivity index (χ2v) is 10.2. The number of likely N-dealkylation sites (tertiary alicyclic amines) is 1. The number of carbonyl (C=O) groups is 2. The monoisotopic (exact) mass is 496 g/mol. The predicted octanol–water partition coefficient (Wildman–Crippen LogP) is 3.19. The lowest BCUT2D eigenvalue weighted by Gasteiger charge is -2.40. The summed E-state index contributed by atoms with van der Waals surface area (Å²) in [6.45, 7) is 1.35. The average molecular weight is 497 g/mol. The van der Waals surface area contributed by atoms with Crippen molar-refractivity contribution in [3.05, 3.63) is 59.2 Å². The van der Waals surface area contributed by atoms with E-state index in [0.717, 1.165) is 36.1 Å². The lowest BCUT2D eigenvalue weighted by atomic mass is 9.89. The molecule has 4 N–H and O–H groups in total. The Balaban J connectivity index is 1.14. The summed E-state index contributed by atoms with van der Waals surface area (Å²) in [5.74, 6) is -0.0652. The maximum Gasteiger partial charge on any atom is 0.315 e. The SMILES string of the molecule is CSc1ccccc1[C@H]1CCCN1C(=O)CNC(=O)NCc1ccc2c(c1)C1C[C@H](N2)[C@H](O)CO1. The molecule has 0 radical (unpaired) electrons. The van der Waals surface area contributed by atoms with Crippen molar-refractivity contribution in [1.82, 2.24) is 15.5 Å². The third-order valence-electron chi connectivity index (χ3n) is 7.13. The molecule has 3 aliphatic heterocycles. The number of hydrogen-bond acceptors (Lipinski definition) is 6. The van der Waals surface area contributed by atoms with Gasteiger partial charge >= 0.3 is 6.03 Å². The Labute approximate surface area is 209 Å². The molecule has 2 bridgehead atoms. The Kier molecular flexibility index (Phi) is 7.17. The van der Waals surface area contributed by atoms with Gasteiger partial charge in [0, 0.05) is 35.7 Å². The fourth-order valence-electron chi connectivity index (χ4n) is 5.31. The number of urea groups is 1. The summed E-state index contributed by atoms with van der Waals surface area (Å²) in [6, 6.07) is 13.9. The smallest absolute Gasteiger partial charge is 0.315 e. The molecule has 5 rings (SSSR count). The van der Waals surface area contributed by atoms with Gasteiger partial charge in [-0.25, -0.2) is 4.79 Å². The Morgan fingerprint density at radius 2 is 2.06 bits per heavy atom. The second kappa shape index (κ2) is 10.5. The minimum Gasteiger partial charge on any atom is -0.389 e. The van der Waals surface area contributed by atoms with Crippen molar-refractivity contribution < 1.29 is 19.4 Å². The molecule has 186 valence electrons. The van der Waals surface area contributed by atoms with Crippen molar-refractivity contribution in [1.29, 1.82) is 0 Å². The van der Waals surface area contributed by atoms with E-state index in [2.05, 4.69) is 28.1 Å². The van der Waals surface area contributed by atoms with E-state index >= 15 is 0 Å². The molecule has 2 fully saturated rings. The normalized spacial score (nSPS) is 24.9. The molecule has 2 aromatic carbocycles. The first-order valence-corrected chi connectivity index (χ1v) is 13.4. The Bertz CT molecular complexity index is 1100. The molecule has 35 heavy (non-hydrogen) atoms. The molecule has 4 atom stereocenters. The molecule has 3 heterocycles. The summed E-state index contributed by atoms with van der Waals surface area (Å²) in [5.41, 5.74) is 4.15. The van der Waals surface area contributed by atoms with E-state index < -0.39 is 6.10 Å². The number of amides is 3. The van der Waals surface area contributed by atoms with Crippen LogP contribution in [0.3, 0.4) is 0 Å². The number of nitrogens with one attached hydrogen (secondary N) is 3. The number of thioether (sulfide) groups is 1. The van der Waals surface area contributed by atoms with Crippen LogP contribution < -0.4 is 16.0 Å². The van der Waals surface area contributed by atoms with Gasteiger partial charge in [0.2, 0.25) is 5.91 Å². The van der Waals surface area contributed by atoms with Crippen molar-refractivity contribution in [2.45, 2.75) is 55.0 Å². The molecule has 2 aromatic rings. The number of fused-ring (bicyclic) bond motifs is 4. The van der Waals surface area contributed by atoms with E-state index in [4.69, 9.17) is 4.74 Å². The second-order valence-electron chi connectivity index (χ2n) is 9.32. The number of anilines is 1. The van der Waals surface area contributed by atoms with Crippen LogP contribution in [0.25, 0.3) is 0 Å². The first-order chi connectivity index (χ1) is 17.0. The minimum absolute atomic E-state index is 0.0120. The molecule has 0 spiro atoms. The number of rotatable bonds is 6. The lowest BCUT2D eigenvalue weighted by molar-refractivity contribution is -0.131. The number of ether oxygens (including phenoxy) is 1. The quantitative estimate of drug-likeness (QED) is 0.458. The molecular formula is C26H32N4O4S. The first-order valence-electron chi connectivity index (χ1n) is 12.2. The number of carbonyl (C=O) groups excluding carboxylic acids is 2. The molecule has 0 aromatic heterocycles. The van der Waals surface area contributed by atoms with Crippen molar-refractivity contribution in [2.75, 3.05) is 31.3 Å². The van der Waals surface area contributed by atoms with Gasteiger partial charge in [-0.1, -0.05) is 24.3 Å². The van der Waals surface area contributed by atoms with E-state index in [1.54, 1.807) is 11.8 Å². The fraction of sp³-hybridized carbons (Fsp3) is 0.462. The van der Waals surface area contributed by atoms with Crippen LogP contribution in [0.15, 0.2) is 47.4 Å². The zero-order valence-electron chi connectivity index (χ0n) is 19.8. The van der Waals surface area contributed by atoms with Crippen LogP contribution >= 0.6 is 11.8 Å². The van der Waals surface area contributed by atoms with Crippen molar-refractivity contribution in [2.24, 2.45) is 0 Å². The number of aliphatic hydroxyl groups excluding tert-OH is 1. The van der Waals surface area contributed by atoms with Gasteiger partial charge in [0.1, 0.15) is 0 Å². The highest BCUT2D eigenvalue weighted by molar-refractivity contribution is 7.98. The number of hydrogen-bond donors (Lipinski definition) is 4. The number of benzene rings is 2. The van der Waals surface area contributed by atoms with Crippen LogP contribution in [0.5, 0.6) is 0 Å². The van der Waals surface area contributed by atoms with Crippen molar-refractivity contribution >= 4 is 29.4 Å². The molecular weight excluding hydrogens is 464 g/mol. The van der Waals surface area contributed by atoms with Gasteiger partial charge in [-0.05, 0) is 48.4 Å². The highest BCUT2D eigenvalue weighted by Crippen LogP contribution is 2.39. The Morgan fingerprint density at radius 3 is 2.91 bits per heavy atom. The maximum absolute atomic E-state index is 12.9. The van der Waals surface area contributed by atoms with Crippen LogP contribution in [0.4, 0.5) is 10.5 Å². The van der Waals surface area contributed by atoms with Crippen LogP contribution in [0.1, 0.15) is 48.1 Å². The van der Waals surface area contributed by atoms with Crippen molar-refractivity contribution in [3.63, 3.8) is 0 Å². The Morgan fingerprint density at radius 1 is 1.20 bits per heavy atom. The molecule has 3 amide bonds. The minimum atomic E-state index is -0.497.